The summed E-state index contributed by atoms with van der Waals surface area (Å²) in [5.41, 5.74) is -0.428. The molecule has 48 heavy (non-hydrogen) atoms. The number of nitrogens with two attached hydrogens (primary N) is 1. The third kappa shape index (κ3) is 5.54. The fourth-order valence-corrected chi connectivity index (χ4v) is 7.39. The summed E-state index contributed by atoms with van der Waals surface area (Å²) in [6.45, 7) is 9.80. The summed E-state index contributed by atoms with van der Waals surface area (Å²) in [7, 11) is -4.82. The van der Waals surface area contributed by atoms with Crippen LogP contribution in [-0.4, -0.2) is 73.1 Å². The van der Waals surface area contributed by atoms with Crippen LogP contribution < -0.4 is 20.1 Å². The average molecular weight is 691 g/mol. The van der Waals surface area contributed by atoms with Gasteiger partial charge in [-0.1, -0.05) is 57.2 Å². The topological polar surface area (TPSA) is 182 Å². The minimum atomic E-state index is -4.82. The quantitative estimate of drug-likeness (QED) is 0.145. The second-order valence-corrected chi connectivity index (χ2v) is 14.8. The van der Waals surface area contributed by atoms with Crippen LogP contribution >= 0.6 is 7.75 Å². The van der Waals surface area contributed by atoms with Gasteiger partial charge in [0.25, 0.3) is 5.85 Å². The van der Waals surface area contributed by atoms with Crippen molar-refractivity contribution in [3.05, 3.63) is 48.8 Å². The number of ether oxygens (including phenoxy) is 3. The van der Waals surface area contributed by atoms with Crippen molar-refractivity contribution in [1.29, 1.82) is 0 Å². The molecule has 3 heterocycles. The molecule has 258 valence electrons. The number of hydrogen-bond donors (Lipinski definition) is 3. The Bertz CT molecular complexity index is 1930. The molecule has 2 aromatic carbocycles. The van der Waals surface area contributed by atoms with Gasteiger partial charge in [-0.3, -0.25) is 13.9 Å². The molecule has 0 radical (unpaired) electrons. The number of halogens is 2. The number of alkyl halides is 2. The molecular weight excluding hydrogens is 653 g/mol. The molecule has 0 amide bonds. The Morgan fingerprint density at radius 1 is 1.21 bits per heavy atom. The maximum atomic E-state index is 16.8. The Labute approximate surface area is 274 Å². The van der Waals surface area contributed by atoms with Gasteiger partial charge in [0.05, 0.1) is 19.5 Å². The second kappa shape index (κ2) is 11.6. The van der Waals surface area contributed by atoms with Crippen molar-refractivity contribution >= 4 is 41.6 Å². The maximum Gasteiger partial charge on any atom is 0.460 e. The molecule has 1 saturated carbocycles. The summed E-state index contributed by atoms with van der Waals surface area (Å²) in [6, 6.07) is 10.6. The van der Waals surface area contributed by atoms with Crippen molar-refractivity contribution in [2.24, 2.45) is 5.41 Å². The van der Waals surface area contributed by atoms with Crippen molar-refractivity contribution in [1.82, 2.24) is 24.6 Å². The monoisotopic (exact) mass is 690 g/mol. The highest BCUT2D eigenvalue weighted by molar-refractivity contribution is 7.52. The number of carbonyl (C=O) groups excluding carboxylic acids is 1. The van der Waals surface area contributed by atoms with Crippen molar-refractivity contribution < 1.29 is 46.5 Å². The Morgan fingerprint density at radius 3 is 2.58 bits per heavy atom. The van der Waals surface area contributed by atoms with Crippen LogP contribution in [0.25, 0.3) is 21.9 Å². The first-order valence-corrected chi connectivity index (χ1v) is 16.8. The first-order valence-electron chi connectivity index (χ1n) is 15.2. The van der Waals surface area contributed by atoms with E-state index in [1.54, 1.807) is 43.3 Å². The molecular formula is C31H37F2N6O8P. The van der Waals surface area contributed by atoms with Gasteiger partial charge in [0.15, 0.2) is 34.8 Å². The fourth-order valence-electron chi connectivity index (χ4n) is 5.67. The first kappa shape index (κ1) is 33.9. The van der Waals surface area contributed by atoms with E-state index in [2.05, 4.69) is 20.0 Å². The smallest absolute Gasteiger partial charge is 0.460 e. The SMILES string of the molecule is CCOc1nc(N)nc2c1ncn2[C@@H]1O[C@]2(F)[C@@H](OP(=O)(NC(C)C(=O)OCC(C)(C)C)Oc3cccc4ccccc34)[C@]2(O)[C@@]1(C)F. The van der Waals surface area contributed by atoms with E-state index >= 15 is 8.78 Å². The lowest BCUT2D eigenvalue weighted by Crippen LogP contribution is -2.45. The van der Waals surface area contributed by atoms with Crippen molar-refractivity contribution in [3.63, 3.8) is 0 Å². The highest BCUT2D eigenvalue weighted by atomic mass is 31.2. The second-order valence-electron chi connectivity index (χ2n) is 13.2. The van der Waals surface area contributed by atoms with Gasteiger partial charge in [-0.05, 0) is 37.6 Å². The summed E-state index contributed by atoms with van der Waals surface area (Å²) in [5.74, 6) is -4.18. The standard InChI is InChI=1S/C31H37F2N6O8P/c1-7-43-23-21-22(36-27(34)37-23)39(16-35-21)26-29(6,32)30(41)25(31(30,33)45-26)47-48(42,38-17(2)24(40)44-15-28(3,4)5)46-20-14-10-12-18-11-8-9-13-19(18)20/h8-14,16-17,25-26,41H,7,15H2,1-6H3,(H,38,42)(H2,34,36,37)/t17?,25-,26+,29-,30-,31+,48?/m0/s1. The molecule has 0 spiro atoms. The van der Waals surface area contributed by atoms with Crippen LogP contribution in [-0.2, 0) is 23.4 Å². The van der Waals surface area contributed by atoms with Gasteiger partial charge in [-0.15, -0.1) is 0 Å². The van der Waals surface area contributed by atoms with E-state index in [9.17, 15) is 14.5 Å². The number of nitrogen functional groups attached to an aromatic ring is 1. The summed E-state index contributed by atoms with van der Waals surface area (Å²) >= 11 is 0. The molecule has 1 saturated heterocycles. The normalized spacial score (nSPS) is 28.5. The predicted molar refractivity (Wildman–Crippen MR) is 169 cm³/mol. The van der Waals surface area contributed by atoms with Gasteiger partial charge in [-0.25, -0.2) is 18.3 Å². The number of imidazole rings is 1. The lowest BCUT2D eigenvalue weighted by molar-refractivity contribution is -0.156. The van der Waals surface area contributed by atoms with E-state index in [-0.39, 0.29) is 47.4 Å². The minimum Gasteiger partial charge on any atom is -0.476 e. The number of nitrogens with zero attached hydrogens (tertiary/aromatic N) is 4. The third-order valence-electron chi connectivity index (χ3n) is 8.15. The molecule has 17 heteroatoms. The van der Waals surface area contributed by atoms with E-state index < -0.39 is 49.2 Å². The number of anilines is 1. The summed E-state index contributed by atoms with van der Waals surface area (Å²) < 4.78 is 76.7. The Balaban J connectivity index is 1.31. The molecule has 2 aromatic heterocycles. The highest BCUT2D eigenvalue weighted by Crippen LogP contribution is 2.73. The zero-order chi connectivity index (χ0) is 34.9. The van der Waals surface area contributed by atoms with Gasteiger partial charge >= 0.3 is 13.7 Å². The Kier molecular flexibility index (Phi) is 8.19. The lowest BCUT2D eigenvalue weighted by Gasteiger charge is -2.31. The molecule has 14 nitrogen and oxygen atoms in total. The van der Waals surface area contributed by atoms with Crippen molar-refractivity contribution in [3.8, 4) is 11.6 Å². The van der Waals surface area contributed by atoms with Crippen LogP contribution in [0.2, 0.25) is 0 Å². The number of esters is 1. The zero-order valence-electron chi connectivity index (χ0n) is 27.1. The first-order chi connectivity index (χ1) is 22.4. The number of fused-ring (bicyclic) bond motifs is 3. The largest absolute Gasteiger partial charge is 0.476 e. The molecule has 1 aliphatic heterocycles. The molecule has 4 N–H and O–H groups in total. The van der Waals surface area contributed by atoms with Crippen LogP contribution in [0.15, 0.2) is 48.8 Å². The van der Waals surface area contributed by atoms with E-state index in [4.69, 9.17) is 29.0 Å². The van der Waals surface area contributed by atoms with Gasteiger partial charge < -0.3 is 29.6 Å². The summed E-state index contributed by atoms with van der Waals surface area (Å²) in [6.07, 6.45) is -2.88. The summed E-state index contributed by atoms with van der Waals surface area (Å²) in [5, 5.41) is 15.3. The molecule has 2 fully saturated rings. The molecule has 2 aliphatic rings. The van der Waals surface area contributed by atoms with Gasteiger partial charge in [-0.2, -0.15) is 15.1 Å². The van der Waals surface area contributed by atoms with Crippen molar-refractivity contribution in [2.45, 2.75) is 77.0 Å². The predicted octanol–water partition coefficient (Wildman–Crippen LogP) is 4.77. The Hall–Kier alpha value is -3.95. The van der Waals surface area contributed by atoms with Crippen LogP contribution in [0.3, 0.4) is 0 Å². The van der Waals surface area contributed by atoms with E-state index in [1.165, 1.54) is 13.0 Å². The lowest BCUT2D eigenvalue weighted by atomic mass is 9.97. The number of nitrogens with one attached hydrogen (secondary N) is 1. The molecule has 2 unspecified atom stereocenters. The molecule has 1 aliphatic carbocycles. The number of benzene rings is 2. The molecule has 0 bridgehead atoms. The van der Waals surface area contributed by atoms with Gasteiger partial charge in [0.2, 0.25) is 11.8 Å². The van der Waals surface area contributed by atoms with Crippen LogP contribution in [0.5, 0.6) is 11.6 Å². The number of carbonyl (C=O) groups is 1. The van der Waals surface area contributed by atoms with Gasteiger partial charge in [0, 0.05) is 5.39 Å². The number of aliphatic hydroxyl groups is 1. The molecule has 6 rings (SSSR count). The van der Waals surface area contributed by atoms with Crippen LogP contribution in [0.4, 0.5) is 14.7 Å². The van der Waals surface area contributed by atoms with Crippen LogP contribution in [0.1, 0.15) is 47.8 Å². The average Bonchev–Trinajstić information content (AvgIpc) is 3.24. The summed E-state index contributed by atoms with van der Waals surface area (Å²) in [4.78, 5) is 25.1. The van der Waals surface area contributed by atoms with E-state index in [1.807, 2.05) is 20.8 Å². The molecule has 4 aromatic rings. The van der Waals surface area contributed by atoms with Crippen LogP contribution in [0, 0.1) is 5.41 Å². The Morgan fingerprint density at radius 2 is 1.92 bits per heavy atom. The zero-order valence-corrected chi connectivity index (χ0v) is 28.0. The van der Waals surface area contributed by atoms with E-state index in [0.717, 1.165) is 23.2 Å². The maximum absolute atomic E-state index is 16.8. The highest BCUT2D eigenvalue weighted by Gasteiger charge is 2.96. The minimum absolute atomic E-state index is 0.0186. The fraction of sp³-hybridized carbons (Fsp3) is 0.484. The van der Waals surface area contributed by atoms with Crippen molar-refractivity contribution in [2.75, 3.05) is 18.9 Å². The van der Waals surface area contributed by atoms with E-state index in [0.29, 0.717) is 5.39 Å². The number of rotatable bonds is 11. The van der Waals surface area contributed by atoms with Gasteiger partial charge in [0.1, 0.15) is 11.8 Å². The molecule has 7 atom stereocenters. The third-order valence-corrected chi connectivity index (χ3v) is 9.78. The number of aromatic nitrogens is 4. The number of hydrogen-bond acceptors (Lipinski definition) is 12.